The number of hydrogen-bond donors (Lipinski definition) is 1. The first-order valence-electron chi connectivity index (χ1n) is 8.29. The van der Waals surface area contributed by atoms with Crippen molar-refractivity contribution in [2.24, 2.45) is 11.8 Å². The van der Waals surface area contributed by atoms with Crippen LogP contribution in [0, 0.1) is 11.8 Å². The lowest BCUT2D eigenvalue weighted by atomic mass is 9.98. The van der Waals surface area contributed by atoms with Crippen LogP contribution in [0.2, 0.25) is 0 Å². The molecule has 2 atom stereocenters. The third-order valence-corrected chi connectivity index (χ3v) is 5.01. The van der Waals surface area contributed by atoms with Gasteiger partial charge in [-0.1, -0.05) is 24.6 Å². The van der Waals surface area contributed by atoms with Crippen LogP contribution in [-0.4, -0.2) is 23.5 Å². The summed E-state index contributed by atoms with van der Waals surface area (Å²) in [6, 6.07) is 8.15. The van der Waals surface area contributed by atoms with E-state index in [1.165, 1.54) is 12.0 Å². The van der Waals surface area contributed by atoms with Crippen molar-refractivity contribution in [2.75, 3.05) is 11.4 Å². The van der Waals surface area contributed by atoms with Gasteiger partial charge in [0, 0.05) is 18.2 Å². The van der Waals surface area contributed by atoms with E-state index < -0.39 is 5.97 Å². The number of benzene rings is 1. The predicted molar refractivity (Wildman–Crippen MR) is 84.8 cm³/mol. The Morgan fingerprint density at radius 1 is 1.05 bits per heavy atom. The van der Waals surface area contributed by atoms with E-state index in [0.717, 1.165) is 31.5 Å². The molecule has 1 aliphatic heterocycles. The molecule has 3 rings (SSSR count). The van der Waals surface area contributed by atoms with Gasteiger partial charge in [-0.05, 0) is 50.2 Å². The second kappa shape index (κ2) is 6.51. The molecule has 1 fully saturated rings. The van der Waals surface area contributed by atoms with Gasteiger partial charge < -0.3 is 10.0 Å². The fraction of sp³-hybridized carbons (Fsp3) is 0.556. The van der Waals surface area contributed by atoms with Gasteiger partial charge >= 0.3 is 5.97 Å². The van der Waals surface area contributed by atoms with Crippen LogP contribution in [0.4, 0.5) is 5.69 Å². The molecular weight excluding hydrogens is 278 g/mol. The molecule has 0 bridgehead atoms. The monoisotopic (exact) mass is 301 g/mol. The number of carboxylic acids is 1. The Labute approximate surface area is 131 Å². The van der Waals surface area contributed by atoms with Crippen LogP contribution in [0.3, 0.4) is 0 Å². The summed E-state index contributed by atoms with van der Waals surface area (Å²) in [7, 11) is 0. The molecule has 1 heterocycles. The Balaban J connectivity index is 1.81. The molecule has 22 heavy (non-hydrogen) atoms. The zero-order valence-corrected chi connectivity index (χ0v) is 12.8. The van der Waals surface area contributed by atoms with Crippen molar-refractivity contribution in [3.8, 4) is 0 Å². The Kier molecular flexibility index (Phi) is 4.46. The number of carboxylic acid groups (broad SMARTS) is 1. The van der Waals surface area contributed by atoms with Crippen molar-refractivity contribution < 1.29 is 14.7 Å². The molecule has 1 saturated carbocycles. The number of rotatable bonds is 2. The normalized spacial score (nSPS) is 25.2. The smallest absolute Gasteiger partial charge is 0.306 e. The molecule has 4 nitrogen and oxygen atoms in total. The Morgan fingerprint density at radius 2 is 1.82 bits per heavy atom. The van der Waals surface area contributed by atoms with Gasteiger partial charge in [0.05, 0.1) is 5.92 Å². The summed E-state index contributed by atoms with van der Waals surface area (Å²) in [5, 5.41) is 9.14. The summed E-state index contributed by atoms with van der Waals surface area (Å²) >= 11 is 0. The lowest BCUT2D eigenvalue weighted by Gasteiger charge is -2.29. The summed E-state index contributed by atoms with van der Waals surface area (Å²) < 4.78 is 0. The van der Waals surface area contributed by atoms with Crippen LogP contribution < -0.4 is 4.90 Å². The fourth-order valence-corrected chi connectivity index (χ4v) is 3.75. The van der Waals surface area contributed by atoms with E-state index in [-0.39, 0.29) is 17.7 Å². The van der Waals surface area contributed by atoms with E-state index in [0.29, 0.717) is 19.3 Å². The van der Waals surface area contributed by atoms with E-state index in [9.17, 15) is 9.59 Å². The van der Waals surface area contributed by atoms with Crippen molar-refractivity contribution in [1.29, 1.82) is 0 Å². The standard InChI is InChI=1S/C18H23NO3/c20-17(14-9-10-15(12-14)18(21)22)19-11-5-1-2-6-13-7-3-4-8-16(13)19/h3-4,7-8,14-15H,1-2,5-6,9-12H2,(H,21,22)/t14-,15+/m0/s1. The lowest BCUT2D eigenvalue weighted by Crippen LogP contribution is -2.37. The number of hydrogen-bond acceptors (Lipinski definition) is 2. The third-order valence-electron chi connectivity index (χ3n) is 5.01. The minimum absolute atomic E-state index is 0.123. The highest BCUT2D eigenvalue weighted by Crippen LogP contribution is 2.35. The van der Waals surface area contributed by atoms with Crippen LogP contribution in [0.25, 0.3) is 0 Å². The average molecular weight is 301 g/mol. The number of aliphatic carboxylic acids is 1. The van der Waals surface area contributed by atoms with Gasteiger partial charge in [0.15, 0.2) is 0 Å². The van der Waals surface area contributed by atoms with E-state index >= 15 is 0 Å². The van der Waals surface area contributed by atoms with Crippen LogP contribution in [0.5, 0.6) is 0 Å². The SMILES string of the molecule is O=C(O)[C@@H]1CC[C@H](C(=O)N2CCCCCc3ccccc32)C1. The maximum atomic E-state index is 12.9. The highest BCUT2D eigenvalue weighted by molar-refractivity contribution is 5.96. The fourth-order valence-electron chi connectivity index (χ4n) is 3.75. The van der Waals surface area contributed by atoms with Crippen molar-refractivity contribution in [1.82, 2.24) is 0 Å². The summed E-state index contributed by atoms with van der Waals surface area (Å²) in [6.45, 7) is 0.754. The Bertz CT molecular complexity index is 569. The highest BCUT2D eigenvalue weighted by atomic mass is 16.4. The number of aryl methyl sites for hydroxylation is 1. The first kappa shape index (κ1) is 15.1. The van der Waals surface area contributed by atoms with Crippen molar-refractivity contribution in [3.05, 3.63) is 29.8 Å². The molecule has 0 aromatic heterocycles. The minimum Gasteiger partial charge on any atom is -0.481 e. The van der Waals surface area contributed by atoms with Crippen molar-refractivity contribution in [3.63, 3.8) is 0 Å². The minimum atomic E-state index is -0.761. The molecule has 1 aromatic carbocycles. The van der Waals surface area contributed by atoms with E-state index in [2.05, 4.69) is 6.07 Å². The summed E-state index contributed by atoms with van der Waals surface area (Å²) in [5.41, 5.74) is 2.27. The number of fused-ring (bicyclic) bond motifs is 1. The second-order valence-corrected chi connectivity index (χ2v) is 6.47. The Morgan fingerprint density at radius 3 is 2.59 bits per heavy atom. The lowest BCUT2D eigenvalue weighted by molar-refractivity contribution is -0.141. The molecule has 4 heteroatoms. The van der Waals surface area contributed by atoms with Gasteiger partial charge in [0.1, 0.15) is 0 Å². The summed E-state index contributed by atoms with van der Waals surface area (Å²) in [6.07, 6.45) is 6.17. The molecular formula is C18H23NO3. The molecule has 1 N–H and O–H groups in total. The quantitative estimate of drug-likeness (QED) is 0.912. The number of amides is 1. The number of carbonyl (C=O) groups is 2. The Hall–Kier alpha value is -1.84. The molecule has 1 amide bonds. The average Bonchev–Trinajstić information content (AvgIpc) is 2.98. The van der Waals surface area contributed by atoms with Gasteiger partial charge in [0.25, 0.3) is 0 Å². The largest absolute Gasteiger partial charge is 0.481 e. The van der Waals surface area contributed by atoms with Gasteiger partial charge in [-0.2, -0.15) is 0 Å². The van der Waals surface area contributed by atoms with Gasteiger partial charge in [0.2, 0.25) is 5.91 Å². The number of para-hydroxylation sites is 1. The topological polar surface area (TPSA) is 57.6 Å². The molecule has 0 radical (unpaired) electrons. The van der Waals surface area contributed by atoms with Gasteiger partial charge in [-0.25, -0.2) is 0 Å². The first-order chi connectivity index (χ1) is 10.7. The summed E-state index contributed by atoms with van der Waals surface area (Å²) in [5.74, 6) is -1.12. The molecule has 2 aliphatic rings. The van der Waals surface area contributed by atoms with Crippen LogP contribution in [0.1, 0.15) is 44.1 Å². The summed E-state index contributed by atoms with van der Waals surface area (Å²) in [4.78, 5) is 26.0. The van der Waals surface area contributed by atoms with Crippen LogP contribution in [-0.2, 0) is 16.0 Å². The number of carbonyl (C=O) groups excluding carboxylic acids is 1. The van der Waals surface area contributed by atoms with Crippen LogP contribution in [0.15, 0.2) is 24.3 Å². The molecule has 0 saturated heterocycles. The third kappa shape index (κ3) is 3.01. The van der Waals surface area contributed by atoms with E-state index in [1.807, 2.05) is 23.1 Å². The van der Waals surface area contributed by atoms with Crippen molar-refractivity contribution in [2.45, 2.75) is 44.9 Å². The highest BCUT2D eigenvalue weighted by Gasteiger charge is 2.36. The predicted octanol–water partition coefficient (Wildman–Crippen LogP) is 3.25. The molecule has 0 spiro atoms. The number of nitrogens with zero attached hydrogens (tertiary/aromatic N) is 1. The molecule has 0 unspecified atom stereocenters. The van der Waals surface area contributed by atoms with Crippen molar-refractivity contribution >= 4 is 17.6 Å². The first-order valence-corrected chi connectivity index (χ1v) is 8.29. The maximum Gasteiger partial charge on any atom is 0.306 e. The second-order valence-electron chi connectivity index (χ2n) is 6.47. The zero-order valence-electron chi connectivity index (χ0n) is 12.8. The van der Waals surface area contributed by atoms with E-state index in [1.54, 1.807) is 0 Å². The molecule has 1 aromatic rings. The number of anilines is 1. The van der Waals surface area contributed by atoms with Gasteiger partial charge in [-0.15, -0.1) is 0 Å². The molecule has 1 aliphatic carbocycles. The van der Waals surface area contributed by atoms with Gasteiger partial charge in [-0.3, -0.25) is 9.59 Å². The maximum absolute atomic E-state index is 12.9. The molecule has 118 valence electrons. The van der Waals surface area contributed by atoms with Crippen LogP contribution >= 0.6 is 0 Å². The van der Waals surface area contributed by atoms with E-state index in [4.69, 9.17) is 5.11 Å². The zero-order chi connectivity index (χ0) is 15.5.